The number of carboxylic acid groups (broad SMARTS) is 1. The molecule has 0 radical (unpaired) electrons. The first-order chi connectivity index (χ1) is 9.45. The van der Waals surface area contributed by atoms with Gasteiger partial charge < -0.3 is 19.9 Å². The van der Waals surface area contributed by atoms with Crippen molar-refractivity contribution < 1.29 is 19.4 Å². The summed E-state index contributed by atoms with van der Waals surface area (Å²) < 4.78 is 5.21. The number of furan rings is 1. The number of aromatic carboxylic acids is 1. The highest BCUT2D eigenvalue weighted by atomic mass is 16.4. The zero-order chi connectivity index (χ0) is 14.7. The van der Waals surface area contributed by atoms with E-state index in [0.29, 0.717) is 18.5 Å². The van der Waals surface area contributed by atoms with Crippen molar-refractivity contribution in [2.45, 2.75) is 39.0 Å². The summed E-state index contributed by atoms with van der Waals surface area (Å²) in [5, 5.41) is 22.3. The molecule has 0 saturated heterocycles. The van der Waals surface area contributed by atoms with Crippen LogP contribution in [-0.4, -0.2) is 28.3 Å². The van der Waals surface area contributed by atoms with Crippen LogP contribution in [-0.2, 0) is 6.54 Å². The van der Waals surface area contributed by atoms with Crippen molar-refractivity contribution in [2.75, 3.05) is 0 Å². The van der Waals surface area contributed by atoms with Crippen LogP contribution in [0.2, 0.25) is 0 Å². The highest BCUT2D eigenvalue weighted by Gasteiger charge is 2.11. The molecule has 5 nitrogen and oxygen atoms in total. The highest BCUT2D eigenvalue weighted by Crippen LogP contribution is 2.21. The van der Waals surface area contributed by atoms with E-state index in [-0.39, 0.29) is 17.9 Å². The molecule has 5 heteroatoms. The lowest BCUT2D eigenvalue weighted by molar-refractivity contribution is 0.0665. The number of fused-ring (bicyclic) bond motifs is 1. The fourth-order valence-electron chi connectivity index (χ4n) is 2.20. The minimum Gasteiger partial charge on any atom is -0.475 e. The van der Waals surface area contributed by atoms with Crippen LogP contribution in [0.25, 0.3) is 11.0 Å². The molecule has 2 aromatic rings. The summed E-state index contributed by atoms with van der Waals surface area (Å²) in [6.45, 7) is 4.45. The normalized spacial score (nSPS) is 14.3. The van der Waals surface area contributed by atoms with Gasteiger partial charge in [-0.1, -0.05) is 6.07 Å². The zero-order valence-electron chi connectivity index (χ0n) is 11.6. The largest absolute Gasteiger partial charge is 0.475 e. The van der Waals surface area contributed by atoms with Gasteiger partial charge in [0.05, 0.1) is 6.10 Å². The summed E-state index contributed by atoms with van der Waals surface area (Å²) >= 11 is 0. The molecule has 1 aromatic carbocycles. The molecule has 0 saturated carbocycles. The molecule has 3 N–H and O–H groups in total. The molecule has 2 rings (SSSR count). The van der Waals surface area contributed by atoms with Crippen LogP contribution in [0.15, 0.2) is 28.7 Å². The summed E-state index contributed by atoms with van der Waals surface area (Å²) in [5.41, 5.74) is 1.62. The molecular weight excluding hydrogens is 258 g/mol. The predicted molar refractivity (Wildman–Crippen MR) is 75.8 cm³/mol. The third-order valence-corrected chi connectivity index (χ3v) is 3.14. The maximum Gasteiger partial charge on any atom is 0.371 e. The second-order valence-electron chi connectivity index (χ2n) is 5.15. The summed E-state index contributed by atoms with van der Waals surface area (Å²) in [7, 11) is 0. The van der Waals surface area contributed by atoms with Crippen LogP contribution in [0, 0.1) is 0 Å². The molecule has 0 aliphatic rings. The Hall–Kier alpha value is -1.85. The maximum absolute atomic E-state index is 10.8. The van der Waals surface area contributed by atoms with E-state index >= 15 is 0 Å². The first kappa shape index (κ1) is 14.6. The van der Waals surface area contributed by atoms with Gasteiger partial charge in [-0.3, -0.25) is 0 Å². The number of rotatable bonds is 6. The second kappa shape index (κ2) is 6.07. The van der Waals surface area contributed by atoms with Gasteiger partial charge >= 0.3 is 5.97 Å². The Kier molecular flexibility index (Phi) is 4.42. The Balaban J connectivity index is 2.06. The molecule has 0 aliphatic heterocycles. The van der Waals surface area contributed by atoms with E-state index < -0.39 is 5.97 Å². The van der Waals surface area contributed by atoms with E-state index in [1.807, 2.05) is 19.1 Å². The van der Waals surface area contributed by atoms with Crippen molar-refractivity contribution in [1.82, 2.24) is 5.32 Å². The second-order valence-corrected chi connectivity index (χ2v) is 5.15. The standard InChI is InChI=1S/C15H19NO4/c1-9(5-10(2)17)16-8-11-3-4-13-12(6-11)7-14(20-13)15(18)19/h3-4,6-7,9-10,16-17H,5,8H2,1-2H3,(H,18,19). The molecule has 0 fully saturated rings. The smallest absolute Gasteiger partial charge is 0.371 e. The Morgan fingerprint density at radius 2 is 2.10 bits per heavy atom. The summed E-state index contributed by atoms with van der Waals surface area (Å²) in [6.07, 6.45) is 0.365. The summed E-state index contributed by atoms with van der Waals surface area (Å²) in [5.74, 6) is -1.11. The average molecular weight is 277 g/mol. The first-order valence-corrected chi connectivity index (χ1v) is 6.63. The lowest BCUT2D eigenvalue weighted by atomic mass is 10.1. The number of nitrogens with one attached hydrogen (secondary N) is 1. The van der Waals surface area contributed by atoms with Gasteiger partial charge in [0.25, 0.3) is 0 Å². The Morgan fingerprint density at radius 1 is 1.35 bits per heavy atom. The molecule has 0 amide bonds. The van der Waals surface area contributed by atoms with Gasteiger partial charge in [0.15, 0.2) is 0 Å². The van der Waals surface area contributed by atoms with Crippen LogP contribution < -0.4 is 5.32 Å². The van der Waals surface area contributed by atoms with E-state index in [0.717, 1.165) is 10.9 Å². The Morgan fingerprint density at radius 3 is 2.75 bits per heavy atom. The van der Waals surface area contributed by atoms with Gasteiger partial charge in [-0.15, -0.1) is 0 Å². The topological polar surface area (TPSA) is 82.7 Å². The lowest BCUT2D eigenvalue weighted by Crippen LogP contribution is -2.28. The van der Waals surface area contributed by atoms with E-state index in [9.17, 15) is 9.90 Å². The monoisotopic (exact) mass is 277 g/mol. The number of benzene rings is 1. The van der Waals surface area contributed by atoms with Crippen molar-refractivity contribution in [1.29, 1.82) is 0 Å². The Labute approximate surface area is 117 Å². The fraction of sp³-hybridized carbons (Fsp3) is 0.400. The van der Waals surface area contributed by atoms with Gasteiger partial charge in [-0.25, -0.2) is 4.79 Å². The molecule has 20 heavy (non-hydrogen) atoms. The molecule has 1 aromatic heterocycles. The van der Waals surface area contributed by atoms with E-state index in [2.05, 4.69) is 5.32 Å². The van der Waals surface area contributed by atoms with Crippen molar-refractivity contribution >= 4 is 16.9 Å². The van der Waals surface area contributed by atoms with Gasteiger partial charge in [0.2, 0.25) is 5.76 Å². The van der Waals surface area contributed by atoms with Crippen molar-refractivity contribution in [3.8, 4) is 0 Å². The number of hydrogen-bond donors (Lipinski definition) is 3. The van der Waals surface area contributed by atoms with Crippen LogP contribution in [0.5, 0.6) is 0 Å². The molecule has 108 valence electrons. The molecule has 0 aliphatic carbocycles. The van der Waals surface area contributed by atoms with Crippen LogP contribution in [0.1, 0.15) is 36.4 Å². The van der Waals surface area contributed by atoms with Gasteiger partial charge in [0.1, 0.15) is 5.58 Å². The van der Waals surface area contributed by atoms with Gasteiger partial charge in [-0.2, -0.15) is 0 Å². The number of hydrogen-bond acceptors (Lipinski definition) is 4. The number of carboxylic acids is 1. The zero-order valence-corrected chi connectivity index (χ0v) is 11.6. The minimum atomic E-state index is -1.06. The highest BCUT2D eigenvalue weighted by molar-refractivity contribution is 5.91. The summed E-state index contributed by atoms with van der Waals surface area (Å²) in [4.78, 5) is 10.8. The SMILES string of the molecule is CC(O)CC(C)NCc1ccc2oc(C(=O)O)cc2c1. The molecular formula is C15H19NO4. The molecule has 0 spiro atoms. The molecule has 2 atom stereocenters. The minimum absolute atomic E-state index is 0.0485. The average Bonchev–Trinajstić information content (AvgIpc) is 2.78. The first-order valence-electron chi connectivity index (χ1n) is 6.63. The lowest BCUT2D eigenvalue weighted by Gasteiger charge is -2.15. The maximum atomic E-state index is 10.8. The number of aliphatic hydroxyl groups excluding tert-OH is 1. The third kappa shape index (κ3) is 3.59. The van der Waals surface area contributed by atoms with Gasteiger partial charge in [-0.05, 0) is 44.0 Å². The van der Waals surface area contributed by atoms with Crippen LogP contribution in [0.4, 0.5) is 0 Å². The number of carbonyl (C=O) groups is 1. The molecule has 1 heterocycles. The van der Waals surface area contributed by atoms with Crippen LogP contribution in [0.3, 0.4) is 0 Å². The quantitative estimate of drug-likeness (QED) is 0.755. The van der Waals surface area contributed by atoms with Crippen molar-refractivity contribution in [3.63, 3.8) is 0 Å². The van der Waals surface area contributed by atoms with E-state index in [1.54, 1.807) is 13.0 Å². The van der Waals surface area contributed by atoms with E-state index in [1.165, 1.54) is 6.07 Å². The fourth-order valence-corrected chi connectivity index (χ4v) is 2.20. The summed E-state index contributed by atoms with van der Waals surface area (Å²) in [6, 6.07) is 7.33. The van der Waals surface area contributed by atoms with Gasteiger partial charge in [0, 0.05) is 18.0 Å². The Bertz CT molecular complexity index is 603. The number of aliphatic hydroxyl groups is 1. The molecule has 0 bridgehead atoms. The van der Waals surface area contributed by atoms with E-state index in [4.69, 9.17) is 9.52 Å². The van der Waals surface area contributed by atoms with Crippen LogP contribution >= 0.6 is 0 Å². The third-order valence-electron chi connectivity index (χ3n) is 3.14. The van der Waals surface area contributed by atoms with Crippen molar-refractivity contribution in [2.24, 2.45) is 0 Å². The van der Waals surface area contributed by atoms with Crippen molar-refractivity contribution in [3.05, 3.63) is 35.6 Å². The predicted octanol–water partition coefficient (Wildman–Crippen LogP) is 2.38. The molecule has 2 unspecified atom stereocenters.